The van der Waals surface area contributed by atoms with Crippen molar-refractivity contribution in [1.29, 1.82) is 0 Å². The largest absolute Gasteiger partial charge is 0.392 e. The molecule has 2 nitrogen and oxygen atoms in total. The monoisotopic (exact) mass is 320 g/mol. The summed E-state index contributed by atoms with van der Waals surface area (Å²) < 4.78 is 0.890. The molecule has 1 aromatic carbocycles. The fraction of sp³-hybridized carbons (Fsp3) is 0.300. The number of carbonyl (C=O) groups is 1. The molecular weight excluding hydrogens is 312 g/mol. The third-order valence-electron chi connectivity index (χ3n) is 1.75. The van der Waals surface area contributed by atoms with E-state index in [-0.39, 0.29) is 12.4 Å². The lowest BCUT2D eigenvalue weighted by molar-refractivity contribution is -0.115. The van der Waals surface area contributed by atoms with Gasteiger partial charge in [-0.2, -0.15) is 0 Å². The van der Waals surface area contributed by atoms with Gasteiger partial charge in [0, 0.05) is 10.9 Å². The summed E-state index contributed by atoms with van der Waals surface area (Å²) in [4.78, 5) is 11.2. The van der Waals surface area contributed by atoms with Crippen molar-refractivity contribution < 1.29 is 9.90 Å². The van der Waals surface area contributed by atoms with Crippen molar-refractivity contribution in [2.45, 2.75) is 13.0 Å². The SMILES string of the molecule is O=C(CBr)Cc1cc(Br)cc(CO)c1. The van der Waals surface area contributed by atoms with E-state index < -0.39 is 0 Å². The summed E-state index contributed by atoms with van der Waals surface area (Å²) in [5.41, 5.74) is 1.74. The van der Waals surface area contributed by atoms with Crippen LogP contribution >= 0.6 is 31.9 Å². The molecule has 0 aromatic heterocycles. The molecule has 0 fully saturated rings. The maximum Gasteiger partial charge on any atom is 0.147 e. The molecule has 0 aliphatic rings. The molecule has 1 aromatic rings. The molecule has 0 saturated heterocycles. The van der Waals surface area contributed by atoms with Gasteiger partial charge in [0.25, 0.3) is 0 Å². The zero-order chi connectivity index (χ0) is 10.6. The maximum atomic E-state index is 11.2. The second-order valence-corrected chi connectivity index (χ2v) is 4.45. The van der Waals surface area contributed by atoms with Crippen LogP contribution in [0.2, 0.25) is 0 Å². The molecule has 0 unspecified atom stereocenters. The number of alkyl halides is 1. The van der Waals surface area contributed by atoms with Gasteiger partial charge in [-0.15, -0.1) is 0 Å². The number of carbonyl (C=O) groups excluding carboxylic acids is 1. The van der Waals surface area contributed by atoms with Crippen LogP contribution in [0.4, 0.5) is 0 Å². The fourth-order valence-electron chi connectivity index (χ4n) is 1.19. The van der Waals surface area contributed by atoms with Gasteiger partial charge in [0.05, 0.1) is 11.9 Å². The van der Waals surface area contributed by atoms with Crippen LogP contribution in [0.3, 0.4) is 0 Å². The molecule has 0 aliphatic heterocycles. The van der Waals surface area contributed by atoms with E-state index >= 15 is 0 Å². The van der Waals surface area contributed by atoms with E-state index in [0.717, 1.165) is 15.6 Å². The first kappa shape index (κ1) is 11.9. The van der Waals surface area contributed by atoms with E-state index in [1.54, 1.807) is 0 Å². The minimum atomic E-state index is -0.00502. The molecule has 76 valence electrons. The van der Waals surface area contributed by atoms with E-state index in [1.165, 1.54) is 0 Å². The van der Waals surface area contributed by atoms with Crippen LogP contribution in [-0.2, 0) is 17.8 Å². The van der Waals surface area contributed by atoms with Gasteiger partial charge in [-0.3, -0.25) is 4.79 Å². The molecule has 0 amide bonds. The first-order valence-corrected chi connectivity index (χ1v) is 6.04. The van der Waals surface area contributed by atoms with Gasteiger partial charge in [0.15, 0.2) is 0 Å². The second kappa shape index (κ2) is 5.63. The van der Waals surface area contributed by atoms with Crippen LogP contribution in [0.25, 0.3) is 0 Å². The Bertz CT molecular complexity index is 337. The molecular formula is C10H10Br2O2. The minimum Gasteiger partial charge on any atom is -0.392 e. The summed E-state index contributed by atoms with van der Waals surface area (Å²) in [6, 6.07) is 5.56. The Morgan fingerprint density at radius 1 is 1.29 bits per heavy atom. The van der Waals surface area contributed by atoms with Crippen molar-refractivity contribution in [3.8, 4) is 0 Å². The van der Waals surface area contributed by atoms with E-state index in [4.69, 9.17) is 5.11 Å². The number of rotatable bonds is 4. The number of ketones is 1. The number of hydrogen-bond acceptors (Lipinski definition) is 2. The molecule has 0 atom stereocenters. The fourth-order valence-corrected chi connectivity index (χ4v) is 1.97. The van der Waals surface area contributed by atoms with Crippen molar-refractivity contribution in [1.82, 2.24) is 0 Å². The number of aliphatic hydroxyl groups is 1. The zero-order valence-electron chi connectivity index (χ0n) is 7.46. The number of Topliss-reactive ketones (excluding diaryl/α,β-unsaturated/α-hetero) is 1. The highest BCUT2D eigenvalue weighted by atomic mass is 79.9. The van der Waals surface area contributed by atoms with Crippen LogP contribution in [0.15, 0.2) is 22.7 Å². The smallest absolute Gasteiger partial charge is 0.147 e. The first-order valence-electron chi connectivity index (χ1n) is 4.12. The van der Waals surface area contributed by atoms with E-state index in [9.17, 15) is 4.79 Å². The lowest BCUT2D eigenvalue weighted by Gasteiger charge is -2.03. The Labute approximate surface area is 99.6 Å². The van der Waals surface area contributed by atoms with Gasteiger partial charge in [-0.1, -0.05) is 37.9 Å². The minimum absolute atomic E-state index is 0.00502. The second-order valence-electron chi connectivity index (χ2n) is 2.97. The Hall–Kier alpha value is -0.190. The quantitative estimate of drug-likeness (QED) is 0.865. The van der Waals surface area contributed by atoms with Gasteiger partial charge in [-0.05, 0) is 23.3 Å². The first-order chi connectivity index (χ1) is 6.65. The van der Waals surface area contributed by atoms with Crippen LogP contribution in [0, 0.1) is 0 Å². The van der Waals surface area contributed by atoms with Crippen LogP contribution in [-0.4, -0.2) is 16.2 Å². The molecule has 1 N–H and O–H groups in total. The number of hydrogen-bond donors (Lipinski definition) is 1. The van der Waals surface area contributed by atoms with Crippen LogP contribution < -0.4 is 0 Å². The summed E-state index contributed by atoms with van der Waals surface area (Å²) in [5.74, 6) is 0.131. The third kappa shape index (κ3) is 3.52. The standard InChI is InChI=1S/C10H10Br2O2/c11-5-10(14)4-7-1-8(6-13)3-9(12)2-7/h1-3,13H,4-6H2. The number of benzene rings is 1. The molecule has 0 heterocycles. The van der Waals surface area contributed by atoms with Gasteiger partial charge in [0.2, 0.25) is 0 Å². The predicted octanol–water partition coefficient (Wildman–Crippen LogP) is 2.45. The van der Waals surface area contributed by atoms with Gasteiger partial charge < -0.3 is 5.11 Å². The highest BCUT2D eigenvalue weighted by Gasteiger charge is 2.04. The Balaban J connectivity index is 2.86. The summed E-state index contributed by atoms with van der Waals surface area (Å²) in [7, 11) is 0. The lowest BCUT2D eigenvalue weighted by Crippen LogP contribution is -2.03. The molecule has 0 saturated carbocycles. The van der Waals surface area contributed by atoms with Crippen molar-refractivity contribution in [2.24, 2.45) is 0 Å². The van der Waals surface area contributed by atoms with E-state index in [1.807, 2.05) is 18.2 Å². The highest BCUT2D eigenvalue weighted by molar-refractivity contribution is 9.10. The lowest BCUT2D eigenvalue weighted by atomic mass is 10.1. The Morgan fingerprint density at radius 3 is 2.50 bits per heavy atom. The Kier molecular flexibility index (Phi) is 4.78. The van der Waals surface area contributed by atoms with Crippen LogP contribution in [0.1, 0.15) is 11.1 Å². The van der Waals surface area contributed by atoms with Crippen molar-refractivity contribution in [3.05, 3.63) is 33.8 Å². The summed E-state index contributed by atoms with van der Waals surface area (Å²) in [6.07, 6.45) is 0.400. The van der Waals surface area contributed by atoms with Gasteiger partial charge in [-0.25, -0.2) is 0 Å². The normalized spacial score (nSPS) is 10.2. The molecule has 4 heteroatoms. The van der Waals surface area contributed by atoms with E-state index in [2.05, 4.69) is 31.9 Å². The highest BCUT2D eigenvalue weighted by Crippen LogP contribution is 2.16. The number of halogens is 2. The zero-order valence-corrected chi connectivity index (χ0v) is 10.6. The van der Waals surface area contributed by atoms with Crippen molar-refractivity contribution in [2.75, 3.05) is 5.33 Å². The average molecular weight is 322 g/mol. The third-order valence-corrected chi connectivity index (χ3v) is 2.83. The molecule has 0 bridgehead atoms. The average Bonchev–Trinajstić information content (AvgIpc) is 2.16. The Morgan fingerprint density at radius 2 is 1.93 bits per heavy atom. The summed E-state index contributed by atoms with van der Waals surface area (Å²) in [5, 5.41) is 9.33. The summed E-state index contributed by atoms with van der Waals surface area (Å²) >= 11 is 6.45. The topological polar surface area (TPSA) is 37.3 Å². The van der Waals surface area contributed by atoms with Crippen molar-refractivity contribution in [3.63, 3.8) is 0 Å². The van der Waals surface area contributed by atoms with E-state index in [0.29, 0.717) is 11.8 Å². The molecule has 14 heavy (non-hydrogen) atoms. The molecule has 0 aliphatic carbocycles. The van der Waals surface area contributed by atoms with Crippen LogP contribution in [0.5, 0.6) is 0 Å². The van der Waals surface area contributed by atoms with Gasteiger partial charge in [0.1, 0.15) is 5.78 Å². The number of aliphatic hydroxyl groups excluding tert-OH is 1. The summed E-state index contributed by atoms with van der Waals surface area (Å²) in [6.45, 7) is -0.00502. The predicted molar refractivity (Wildman–Crippen MR) is 62.6 cm³/mol. The maximum absolute atomic E-state index is 11.2. The van der Waals surface area contributed by atoms with Crippen molar-refractivity contribution >= 4 is 37.6 Å². The molecule has 1 rings (SSSR count). The molecule has 0 radical (unpaired) electrons. The molecule has 0 spiro atoms. The van der Waals surface area contributed by atoms with Gasteiger partial charge >= 0.3 is 0 Å².